The molecule has 0 aliphatic carbocycles. The molecule has 3 rings (SSSR count). The SMILES string of the molecule is COC(=O)c1cc(NC(=O)c2c(F)cc(C(F)(F)F)cc2Oc2ccc(OC(F)(F)F)cc2OC)ccn1. The van der Waals surface area contributed by atoms with Crippen LogP contribution in [-0.2, 0) is 10.9 Å². The molecule has 202 valence electrons. The van der Waals surface area contributed by atoms with E-state index in [4.69, 9.17) is 9.47 Å². The van der Waals surface area contributed by atoms with Crippen LogP contribution in [0.1, 0.15) is 26.4 Å². The number of benzene rings is 2. The van der Waals surface area contributed by atoms with Crippen LogP contribution in [0.4, 0.5) is 36.4 Å². The van der Waals surface area contributed by atoms with Gasteiger partial charge in [0, 0.05) is 18.0 Å². The Labute approximate surface area is 208 Å². The van der Waals surface area contributed by atoms with Gasteiger partial charge in [0.2, 0.25) is 0 Å². The molecule has 0 aliphatic rings. The molecule has 1 N–H and O–H groups in total. The van der Waals surface area contributed by atoms with E-state index in [1.165, 1.54) is 6.07 Å². The van der Waals surface area contributed by atoms with Crippen molar-refractivity contribution in [3.8, 4) is 23.0 Å². The Bertz CT molecular complexity index is 1360. The van der Waals surface area contributed by atoms with Crippen molar-refractivity contribution in [1.82, 2.24) is 4.98 Å². The number of amides is 1. The number of carbonyl (C=O) groups excluding carboxylic acids is 2. The Kier molecular flexibility index (Phi) is 7.98. The molecule has 8 nitrogen and oxygen atoms in total. The standard InChI is InChI=1S/C23H15F7N2O6/c1-35-17-10-13(38-23(28,29)30)3-4-16(17)37-18-8-11(22(25,26)27)7-14(24)19(18)20(33)32-12-5-6-31-15(9-12)21(34)36-2/h3-10H,1-2H3,(H,31,32,33). The first-order chi connectivity index (χ1) is 17.7. The molecular weight excluding hydrogens is 533 g/mol. The van der Waals surface area contributed by atoms with Crippen molar-refractivity contribution in [3.63, 3.8) is 0 Å². The summed E-state index contributed by atoms with van der Waals surface area (Å²) in [5, 5.41) is 2.20. The number of hydrogen-bond acceptors (Lipinski definition) is 7. The lowest BCUT2D eigenvalue weighted by molar-refractivity contribution is -0.274. The average molecular weight is 548 g/mol. The number of pyridine rings is 1. The Hall–Kier alpha value is -4.56. The normalized spacial score (nSPS) is 11.5. The molecule has 0 atom stereocenters. The lowest BCUT2D eigenvalue weighted by Crippen LogP contribution is -2.18. The summed E-state index contributed by atoms with van der Waals surface area (Å²) >= 11 is 0. The maximum absolute atomic E-state index is 14.9. The molecule has 1 heterocycles. The predicted molar refractivity (Wildman–Crippen MR) is 115 cm³/mol. The molecular formula is C23H15F7N2O6. The van der Waals surface area contributed by atoms with Crippen molar-refractivity contribution < 1.29 is 59.3 Å². The summed E-state index contributed by atoms with van der Waals surface area (Å²) in [6, 6.07) is 4.99. The highest BCUT2D eigenvalue weighted by Crippen LogP contribution is 2.40. The monoisotopic (exact) mass is 548 g/mol. The molecule has 3 aromatic rings. The molecule has 2 aromatic carbocycles. The van der Waals surface area contributed by atoms with Crippen LogP contribution >= 0.6 is 0 Å². The van der Waals surface area contributed by atoms with Crippen LogP contribution in [0, 0.1) is 5.82 Å². The van der Waals surface area contributed by atoms with Crippen molar-refractivity contribution in [2.24, 2.45) is 0 Å². The second-order valence-electron chi connectivity index (χ2n) is 7.17. The van der Waals surface area contributed by atoms with Gasteiger partial charge in [0.1, 0.15) is 28.6 Å². The van der Waals surface area contributed by atoms with Gasteiger partial charge in [-0.3, -0.25) is 4.79 Å². The van der Waals surface area contributed by atoms with Gasteiger partial charge in [0.05, 0.1) is 19.8 Å². The van der Waals surface area contributed by atoms with E-state index in [0.29, 0.717) is 6.07 Å². The van der Waals surface area contributed by atoms with Crippen molar-refractivity contribution in [1.29, 1.82) is 0 Å². The molecule has 0 radical (unpaired) electrons. The number of ether oxygens (including phenoxy) is 4. The van der Waals surface area contributed by atoms with Gasteiger partial charge in [0.25, 0.3) is 5.91 Å². The summed E-state index contributed by atoms with van der Waals surface area (Å²) in [7, 11) is 2.09. The zero-order valence-corrected chi connectivity index (χ0v) is 19.2. The lowest BCUT2D eigenvalue weighted by Gasteiger charge is -2.17. The van der Waals surface area contributed by atoms with E-state index in [2.05, 4.69) is 19.8 Å². The maximum atomic E-state index is 14.9. The van der Waals surface area contributed by atoms with E-state index >= 15 is 0 Å². The number of nitrogens with zero attached hydrogens (tertiary/aromatic N) is 1. The molecule has 0 spiro atoms. The topological polar surface area (TPSA) is 96.0 Å². The summed E-state index contributed by atoms with van der Waals surface area (Å²) in [5.74, 6) is -6.38. The van der Waals surface area contributed by atoms with E-state index < -0.39 is 64.4 Å². The highest BCUT2D eigenvalue weighted by atomic mass is 19.4. The number of methoxy groups -OCH3 is 2. The Balaban J connectivity index is 2.04. The van der Waals surface area contributed by atoms with Gasteiger partial charge in [-0.25, -0.2) is 14.2 Å². The smallest absolute Gasteiger partial charge is 0.493 e. The molecule has 0 bridgehead atoms. The number of alkyl halides is 6. The van der Waals surface area contributed by atoms with E-state index in [0.717, 1.165) is 44.7 Å². The Morgan fingerprint density at radius 3 is 2.21 bits per heavy atom. The molecule has 1 amide bonds. The minimum atomic E-state index is -5.05. The zero-order chi connectivity index (χ0) is 28.3. The minimum Gasteiger partial charge on any atom is -0.493 e. The van der Waals surface area contributed by atoms with Crippen molar-refractivity contribution in [3.05, 3.63) is 71.3 Å². The highest BCUT2D eigenvalue weighted by Gasteiger charge is 2.35. The summed E-state index contributed by atoms with van der Waals surface area (Å²) in [4.78, 5) is 28.3. The number of nitrogens with one attached hydrogen (secondary N) is 1. The van der Waals surface area contributed by atoms with Crippen LogP contribution in [0.3, 0.4) is 0 Å². The predicted octanol–water partition coefficient (Wildman–Crippen LogP) is 5.98. The first-order valence-electron chi connectivity index (χ1n) is 10.1. The van der Waals surface area contributed by atoms with Crippen molar-refractivity contribution in [2.75, 3.05) is 19.5 Å². The zero-order valence-electron chi connectivity index (χ0n) is 19.2. The number of aromatic nitrogens is 1. The summed E-state index contributed by atoms with van der Waals surface area (Å²) in [6.07, 6.45) is -9.00. The van der Waals surface area contributed by atoms with Crippen LogP contribution in [0.25, 0.3) is 0 Å². The number of esters is 1. The summed E-state index contributed by atoms with van der Waals surface area (Å²) in [5.41, 5.74) is -2.84. The first-order valence-corrected chi connectivity index (χ1v) is 10.1. The molecule has 15 heteroatoms. The number of hydrogen-bond donors (Lipinski definition) is 1. The van der Waals surface area contributed by atoms with Crippen molar-refractivity contribution >= 4 is 17.6 Å². The fourth-order valence-electron chi connectivity index (χ4n) is 3.01. The van der Waals surface area contributed by atoms with Gasteiger partial charge in [0.15, 0.2) is 11.5 Å². The van der Waals surface area contributed by atoms with Crippen LogP contribution in [0.5, 0.6) is 23.0 Å². The van der Waals surface area contributed by atoms with E-state index in [1.807, 2.05) is 0 Å². The van der Waals surface area contributed by atoms with Gasteiger partial charge >= 0.3 is 18.5 Å². The minimum absolute atomic E-state index is 0.0612. The van der Waals surface area contributed by atoms with Crippen molar-refractivity contribution in [2.45, 2.75) is 12.5 Å². The Morgan fingerprint density at radius 2 is 1.61 bits per heavy atom. The highest BCUT2D eigenvalue weighted by molar-refractivity contribution is 6.07. The van der Waals surface area contributed by atoms with Crippen LogP contribution in [0.2, 0.25) is 0 Å². The first kappa shape index (κ1) is 28.0. The molecule has 0 saturated heterocycles. The third-order valence-corrected chi connectivity index (χ3v) is 4.61. The molecule has 0 fully saturated rings. The van der Waals surface area contributed by atoms with Crippen LogP contribution in [-0.4, -0.2) is 37.4 Å². The second kappa shape index (κ2) is 10.8. The number of carbonyl (C=O) groups is 2. The van der Waals surface area contributed by atoms with Gasteiger partial charge in [-0.2, -0.15) is 13.2 Å². The van der Waals surface area contributed by atoms with Gasteiger partial charge < -0.3 is 24.3 Å². The van der Waals surface area contributed by atoms with E-state index in [-0.39, 0.29) is 17.4 Å². The van der Waals surface area contributed by atoms with Gasteiger partial charge in [-0.1, -0.05) is 0 Å². The largest absolute Gasteiger partial charge is 0.573 e. The van der Waals surface area contributed by atoms with E-state index in [1.54, 1.807) is 0 Å². The number of anilines is 1. The van der Waals surface area contributed by atoms with Gasteiger partial charge in [-0.05, 0) is 36.4 Å². The Morgan fingerprint density at radius 1 is 0.895 bits per heavy atom. The molecule has 0 aliphatic heterocycles. The number of rotatable bonds is 7. The summed E-state index contributed by atoms with van der Waals surface area (Å²) in [6.45, 7) is 0. The molecule has 38 heavy (non-hydrogen) atoms. The third kappa shape index (κ3) is 6.80. The fourth-order valence-corrected chi connectivity index (χ4v) is 3.01. The number of halogens is 7. The molecule has 1 aromatic heterocycles. The van der Waals surface area contributed by atoms with Crippen LogP contribution in [0.15, 0.2) is 48.7 Å². The third-order valence-electron chi connectivity index (χ3n) is 4.61. The average Bonchev–Trinajstić information content (AvgIpc) is 2.82. The summed E-state index contributed by atoms with van der Waals surface area (Å²) < 4.78 is 111. The fraction of sp³-hybridized carbons (Fsp3) is 0.174. The van der Waals surface area contributed by atoms with Crippen LogP contribution < -0.4 is 19.5 Å². The van der Waals surface area contributed by atoms with E-state index in [9.17, 15) is 40.3 Å². The van der Waals surface area contributed by atoms with Gasteiger partial charge in [-0.15, -0.1) is 13.2 Å². The maximum Gasteiger partial charge on any atom is 0.573 e. The molecule has 0 saturated carbocycles. The second-order valence-corrected chi connectivity index (χ2v) is 7.17. The quantitative estimate of drug-likeness (QED) is 0.287. The molecule has 0 unspecified atom stereocenters. The lowest BCUT2D eigenvalue weighted by atomic mass is 10.1.